The number of likely N-dealkylation sites (N-methyl/N-ethyl adjacent to an activating group) is 1. The van der Waals surface area contributed by atoms with Crippen molar-refractivity contribution in [1.82, 2.24) is 9.80 Å². The largest absolute Gasteiger partial charge is 0.444 e. The Bertz CT molecular complexity index is 487. The molecule has 1 heterocycles. The summed E-state index contributed by atoms with van der Waals surface area (Å²) in [5.74, 6) is -0.0503. The quantitative estimate of drug-likeness (QED) is 0.742. The molecule has 1 rings (SSSR count). The number of carbonyl (C=O) groups excluding carboxylic acids is 2. The average Bonchev–Trinajstić information content (AvgIpc) is 2.59. The second-order valence-electron chi connectivity index (χ2n) is 8.38. The first-order chi connectivity index (χ1) is 10.3. The lowest BCUT2D eigenvalue weighted by molar-refractivity contribution is -0.133. The fraction of sp³-hybridized carbons (Fsp3) is 0.778. The molecule has 1 aliphatic rings. The number of amides is 2. The van der Waals surface area contributed by atoms with Gasteiger partial charge in [0.05, 0.1) is 0 Å². The molecule has 132 valence electrons. The highest BCUT2D eigenvalue weighted by Gasteiger charge is 2.60. The third-order valence-corrected chi connectivity index (χ3v) is 4.22. The standard InChI is InChI=1S/C18H32N2O3/c1-10-12-18(11-2)14(21)19(9)13(16(3,4)5)20(18)15(22)23-17(6,7)8/h10,13H,1,11-12H2,2-9H3. The number of rotatable bonds is 3. The van der Waals surface area contributed by atoms with Gasteiger partial charge < -0.3 is 9.64 Å². The maximum absolute atomic E-state index is 13.0. The molecule has 0 bridgehead atoms. The van der Waals surface area contributed by atoms with Gasteiger partial charge in [-0.05, 0) is 33.6 Å². The highest BCUT2D eigenvalue weighted by molar-refractivity contribution is 5.93. The second-order valence-corrected chi connectivity index (χ2v) is 8.38. The third-order valence-electron chi connectivity index (χ3n) is 4.22. The monoisotopic (exact) mass is 324 g/mol. The molecule has 2 atom stereocenters. The smallest absolute Gasteiger partial charge is 0.412 e. The van der Waals surface area contributed by atoms with E-state index in [0.29, 0.717) is 12.8 Å². The Morgan fingerprint density at radius 1 is 1.30 bits per heavy atom. The van der Waals surface area contributed by atoms with Crippen molar-refractivity contribution in [2.24, 2.45) is 5.41 Å². The van der Waals surface area contributed by atoms with E-state index in [-0.39, 0.29) is 17.5 Å². The number of nitrogens with zero attached hydrogens (tertiary/aromatic N) is 2. The summed E-state index contributed by atoms with van der Waals surface area (Å²) >= 11 is 0. The van der Waals surface area contributed by atoms with Crippen LogP contribution in [0.1, 0.15) is 61.3 Å². The van der Waals surface area contributed by atoms with Crippen molar-refractivity contribution in [3.63, 3.8) is 0 Å². The fourth-order valence-electron chi connectivity index (χ4n) is 3.39. The molecule has 0 aromatic heterocycles. The van der Waals surface area contributed by atoms with Gasteiger partial charge in [-0.3, -0.25) is 9.69 Å². The van der Waals surface area contributed by atoms with Gasteiger partial charge in [-0.1, -0.05) is 33.8 Å². The van der Waals surface area contributed by atoms with E-state index in [1.807, 2.05) is 48.5 Å². The van der Waals surface area contributed by atoms with E-state index in [1.165, 1.54) is 0 Å². The van der Waals surface area contributed by atoms with Gasteiger partial charge >= 0.3 is 6.09 Å². The minimum absolute atomic E-state index is 0.0503. The molecule has 0 N–H and O–H groups in total. The first-order valence-corrected chi connectivity index (χ1v) is 8.22. The topological polar surface area (TPSA) is 49.9 Å². The maximum Gasteiger partial charge on any atom is 0.412 e. The molecule has 1 aliphatic heterocycles. The summed E-state index contributed by atoms with van der Waals surface area (Å²) < 4.78 is 5.62. The van der Waals surface area contributed by atoms with Crippen LogP contribution >= 0.6 is 0 Å². The van der Waals surface area contributed by atoms with Crippen LogP contribution in [0.3, 0.4) is 0 Å². The van der Waals surface area contributed by atoms with Crippen LogP contribution in [-0.2, 0) is 9.53 Å². The third kappa shape index (κ3) is 3.54. The molecule has 0 spiro atoms. The molecule has 2 amide bonds. The first kappa shape index (κ1) is 19.5. The molecule has 5 nitrogen and oxygen atoms in total. The van der Waals surface area contributed by atoms with Crippen LogP contribution < -0.4 is 0 Å². The summed E-state index contributed by atoms with van der Waals surface area (Å²) in [4.78, 5) is 29.3. The van der Waals surface area contributed by atoms with Crippen molar-refractivity contribution in [1.29, 1.82) is 0 Å². The molecule has 0 aromatic carbocycles. The minimum Gasteiger partial charge on any atom is -0.444 e. The zero-order valence-corrected chi connectivity index (χ0v) is 15.9. The van der Waals surface area contributed by atoms with E-state index < -0.39 is 17.2 Å². The molecule has 1 fully saturated rings. The SMILES string of the molecule is C=CCC1(CC)C(=O)N(C)C(C(C)(C)C)N1C(=O)OC(C)(C)C. The zero-order valence-electron chi connectivity index (χ0n) is 15.9. The van der Waals surface area contributed by atoms with Crippen LogP contribution in [0.2, 0.25) is 0 Å². The summed E-state index contributed by atoms with van der Waals surface area (Å²) in [6, 6.07) is 0. The predicted molar refractivity (Wildman–Crippen MR) is 91.9 cm³/mol. The maximum atomic E-state index is 13.0. The lowest BCUT2D eigenvalue weighted by Crippen LogP contribution is -2.57. The lowest BCUT2D eigenvalue weighted by Gasteiger charge is -2.42. The Kier molecular flexibility index (Phi) is 5.24. The molecule has 1 saturated heterocycles. The molecule has 5 heteroatoms. The summed E-state index contributed by atoms with van der Waals surface area (Å²) in [6.07, 6.45) is 1.84. The Balaban J connectivity index is 3.46. The summed E-state index contributed by atoms with van der Waals surface area (Å²) in [6.45, 7) is 17.3. The summed E-state index contributed by atoms with van der Waals surface area (Å²) in [5, 5.41) is 0. The first-order valence-electron chi connectivity index (χ1n) is 8.22. The molecule has 0 saturated carbocycles. The van der Waals surface area contributed by atoms with Crippen molar-refractivity contribution in [3.05, 3.63) is 12.7 Å². The van der Waals surface area contributed by atoms with Gasteiger partial charge in [0.1, 0.15) is 17.3 Å². The minimum atomic E-state index is -0.920. The molecule has 0 aromatic rings. The average molecular weight is 324 g/mol. The molecule has 23 heavy (non-hydrogen) atoms. The Morgan fingerprint density at radius 3 is 2.17 bits per heavy atom. The van der Waals surface area contributed by atoms with E-state index in [1.54, 1.807) is 22.9 Å². The summed E-state index contributed by atoms with van der Waals surface area (Å²) in [7, 11) is 1.76. The van der Waals surface area contributed by atoms with E-state index in [4.69, 9.17) is 4.74 Å². The highest BCUT2D eigenvalue weighted by atomic mass is 16.6. The molecular weight excluding hydrogens is 292 g/mol. The van der Waals surface area contributed by atoms with Crippen molar-refractivity contribution in [2.75, 3.05) is 7.05 Å². The lowest BCUT2D eigenvalue weighted by atomic mass is 9.87. The van der Waals surface area contributed by atoms with Crippen LogP contribution in [-0.4, -0.2) is 46.2 Å². The molecule has 0 aliphatic carbocycles. The van der Waals surface area contributed by atoms with Gasteiger partial charge in [0.25, 0.3) is 0 Å². The van der Waals surface area contributed by atoms with Crippen molar-refractivity contribution in [2.45, 2.75) is 78.6 Å². The normalized spacial score (nSPS) is 25.7. The Labute approximate surface area is 140 Å². The van der Waals surface area contributed by atoms with E-state index in [0.717, 1.165) is 0 Å². The van der Waals surface area contributed by atoms with Gasteiger partial charge in [0.15, 0.2) is 0 Å². The zero-order chi connectivity index (χ0) is 18.2. The summed E-state index contributed by atoms with van der Waals surface area (Å²) in [5.41, 5.74) is -1.83. The van der Waals surface area contributed by atoms with Crippen LogP contribution in [0.4, 0.5) is 4.79 Å². The predicted octanol–water partition coefficient (Wildman–Crippen LogP) is 3.79. The number of ether oxygens (including phenoxy) is 1. The van der Waals surface area contributed by atoms with E-state index in [2.05, 4.69) is 6.58 Å². The van der Waals surface area contributed by atoms with Crippen LogP contribution in [0, 0.1) is 5.41 Å². The van der Waals surface area contributed by atoms with Gasteiger partial charge in [-0.15, -0.1) is 6.58 Å². The number of carbonyl (C=O) groups is 2. The Hall–Kier alpha value is -1.52. The molecule has 2 unspecified atom stereocenters. The van der Waals surface area contributed by atoms with E-state index in [9.17, 15) is 9.59 Å². The van der Waals surface area contributed by atoms with Crippen LogP contribution in [0.5, 0.6) is 0 Å². The Morgan fingerprint density at radius 2 is 1.83 bits per heavy atom. The highest BCUT2D eigenvalue weighted by Crippen LogP contribution is 2.43. The van der Waals surface area contributed by atoms with Gasteiger partial charge in [-0.25, -0.2) is 4.79 Å². The number of hydrogen-bond donors (Lipinski definition) is 0. The van der Waals surface area contributed by atoms with Gasteiger partial charge in [-0.2, -0.15) is 0 Å². The second kappa shape index (κ2) is 6.17. The van der Waals surface area contributed by atoms with Crippen molar-refractivity contribution >= 4 is 12.0 Å². The number of hydrogen-bond acceptors (Lipinski definition) is 3. The fourth-order valence-corrected chi connectivity index (χ4v) is 3.39. The van der Waals surface area contributed by atoms with Crippen molar-refractivity contribution < 1.29 is 14.3 Å². The molecular formula is C18H32N2O3. The van der Waals surface area contributed by atoms with Gasteiger partial charge in [0.2, 0.25) is 5.91 Å². The van der Waals surface area contributed by atoms with Crippen molar-refractivity contribution in [3.8, 4) is 0 Å². The van der Waals surface area contributed by atoms with E-state index >= 15 is 0 Å². The molecule has 0 radical (unpaired) electrons. The van der Waals surface area contributed by atoms with Crippen LogP contribution in [0.15, 0.2) is 12.7 Å². The van der Waals surface area contributed by atoms with Gasteiger partial charge in [0, 0.05) is 12.5 Å². The van der Waals surface area contributed by atoms with Crippen LogP contribution in [0.25, 0.3) is 0 Å².